The number of hydrogen-bond donors (Lipinski definition) is 9. The van der Waals surface area contributed by atoms with Gasteiger partial charge in [0.1, 0.15) is 47.6 Å². The van der Waals surface area contributed by atoms with Crippen molar-refractivity contribution < 1.29 is 48.5 Å². The largest absolute Gasteiger partial charge is 0.491 e. The number of imidazole rings is 1. The number of hydrogen-bond acceptors (Lipinski definition) is 18. The highest BCUT2D eigenvalue weighted by Crippen LogP contribution is 2.40. The maximum Gasteiger partial charge on any atom is 0.305 e. The fourth-order valence-corrected chi connectivity index (χ4v) is 6.98. The summed E-state index contributed by atoms with van der Waals surface area (Å²) < 4.78 is 15.7. The van der Waals surface area contributed by atoms with Crippen LogP contribution in [0.5, 0.6) is 11.5 Å². The molecule has 0 aliphatic rings. The van der Waals surface area contributed by atoms with E-state index in [1.165, 1.54) is 37.7 Å². The van der Waals surface area contributed by atoms with Crippen molar-refractivity contribution in [2.75, 3.05) is 58.0 Å². The second-order valence-electron chi connectivity index (χ2n) is 16.2. The Hall–Kier alpha value is -9.23. The maximum atomic E-state index is 13.6. The summed E-state index contributed by atoms with van der Waals surface area (Å²) in [6, 6.07) is 7.59. The molecule has 464 valence electrons. The van der Waals surface area contributed by atoms with Gasteiger partial charge >= 0.3 is 11.9 Å². The topological polar surface area (TPSA) is 394 Å². The molecule has 0 aliphatic heterocycles. The van der Waals surface area contributed by atoms with Gasteiger partial charge in [-0.3, -0.25) is 38.6 Å². The molecule has 25 heteroatoms. The molecule has 0 radical (unpaired) electrons. The Kier molecular flexibility index (Phi) is 43.6. The van der Waals surface area contributed by atoms with Crippen molar-refractivity contribution in [3.05, 3.63) is 113 Å². The number of ether oxygens (including phenoxy) is 2. The van der Waals surface area contributed by atoms with Gasteiger partial charge < -0.3 is 78.2 Å². The number of nitrogens with two attached hydrogens (primary N) is 5. The average Bonchev–Trinajstić information content (AvgIpc) is 3.72. The molecule has 0 atom stereocenters. The molecule has 25 nitrogen and oxygen atoms in total. The van der Waals surface area contributed by atoms with E-state index in [2.05, 4.69) is 39.4 Å². The predicted octanol–water partition coefficient (Wildman–Crippen LogP) is 7.39. The number of aliphatic imine (C=N–C) groups is 2. The molecule has 14 N–H and O–H groups in total. The normalized spacial score (nSPS) is 10.5. The quantitative estimate of drug-likeness (QED) is 0.0106. The van der Waals surface area contributed by atoms with Crippen molar-refractivity contribution in [2.24, 2.45) is 38.7 Å². The summed E-state index contributed by atoms with van der Waals surface area (Å²) in [4.78, 5) is 85.7. The molecule has 0 fully saturated rings. The number of nitrogens with one attached hydrogen (secondary N) is 2. The van der Waals surface area contributed by atoms with Crippen molar-refractivity contribution in [2.45, 2.75) is 109 Å². The Morgan fingerprint density at radius 1 is 0.869 bits per heavy atom. The fraction of sp³-hybridized carbons (Fsp3) is 0.407. The summed E-state index contributed by atoms with van der Waals surface area (Å²) in [5.41, 5.74) is 30.5. The van der Waals surface area contributed by atoms with Crippen LogP contribution in [-0.4, -0.2) is 143 Å². The number of carbonyl (C=O) groups is 6. The lowest BCUT2D eigenvalue weighted by Crippen LogP contribution is -2.39. The van der Waals surface area contributed by atoms with E-state index in [-0.39, 0.29) is 99.3 Å². The van der Waals surface area contributed by atoms with Gasteiger partial charge in [0.15, 0.2) is 0 Å². The third kappa shape index (κ3) is 28.0. The lowest BCUT2D eigenvalue weighted by atomic mass is 10.1. The van der Waals surface area contributed by atoms with Gasteiger partial charge in [-0.25, -0.2) is 4.98 Å². The van der Waals surface area contributed by atoms with E-state index in [1.54, 1.807) is 71.7 Å². The van der Waals surface area contributed by atoms with Crippen LogP contribution in [0.3, 0.4) is 0 Å². The minimum atomic E-state index is -1.01. The number of primary amides is 2. The number of fused-ring (bicyclic) bond motifs is 1. The van der Waals surface area contributed by atoms with Crippen molar-refractivity contribution in [3.63, 3.8) is 0 Å². The molecule has 0 saturated heterocycles. The fourth-order valence-electron chi connectivity index (χ4n) is 6.98. The molecule has 4 aromatic rings. The van der Waals surface area contributed by atoms with Crippen LogP contribution in [-0.2, 0) is 27.5 Å². The first kappa shape index (κ1) is 79.0. The number of nitrogens with zero attached hydrogens (tertiary/aromatic N) is 8. The summed E-state index contributed by atoms with van der Waals surface area (Å²) in [6.45, 7) is 32.3. The molecule has 0 spiro atoms. The van der Waals surface area contributed by atoms with E-state index in [4.69, 9.17) is 52.7 Å². The number of carboxylic acids is 2. The number of carboxylic acid groups (broad SMARTS) is 2. The highest BCUT2D eigenvalue weighted by Gasteiger charge is 2.23. The van der Waals surface area contributed by atoms with E-state index >= 15 is 0 Å². The molecular formula is C59H93N15O10. The Morgan fingerprint density at radius 3 is 2.00 bits per heavy atom. The summed E-state index contributed by atoms with van der Waals surface area (Å²) in [7, 11) is 1.50. The van der Waals surface area contributed by atoms with Crippen molar-refractivity contribution in [1.29, 1.82) is 5.41 Å². The molecule has 0 aliphatic carbocycles. The molecular weight excluding hydrogens is 1080 g/mol. The Bertz CT molecular complexity index is 2850. The first-order valence-corrected chi connectivity index (χ1v) is 27.3. The number of benzene rings is 2. The zero-order valence-electron chi connectivity index (χ0n) is 51.2. The Morgan fingerprint density at radius 2 is 1.46 bits per heavy atom. The number of rotatable bonds is 30. The number of aliphatic carboxylic acids is 2. The molecule has 4 rings (SSSR count). The summed E-state index contributed by atoms with van der Waals surface area (Å²) in [6.07, 6.45) is 13.0. The number of allylic oxidation sites excluding steroid dienone is 4. The monoisotopic (exact) mass is 1170 g/mol. The summed E-state index contributed by atoms with van der Waals surface area (Å²) in [5.74, 6) is -3.01. The van der Waals surface area contributed by atoms with Gasteiger partial charge in [-0.15, -0.1) is 0 Å². The van der Waals surface area contributed by atoms with Crippen LogP contribution in [0.1, 0.15) is 131 Å². The minimum Gasteiger partial charge on any atom is -0.491 e. The zero-order chi connectivity index (χ0) is 64.9. The molecule has 2 heterocycles. The van der Waals surface area contributed by atoms with Crippen molar-refractivity contribution >= 4 is 83.6 Å². The average molecular weight is 1170 g/mol. The van der Waals surface area contributed by atoms with Crippen LogP contribution in [0.2, 0.25) is 0 Å². The number of aromatic nitrogens is 4. The molecule has 3 amide bonds. The number of carbonyl (C=O) groups excluding carboxylic acids is 4. The third-order valence-electron chi connectivity index (χ3n) is 10.3. The molecule has 0 saturated carbocycles. The standard InChI is InChI=1S/C49H61N13O9.C2H7N.3C2H6.CH5N.CH2O/c1-7-62-39(23-33(5)58-62)49(69)56-30-59(45-37(54-6)24-34(47(52)67)26-40(45)71-22-12-13-43(63)64)18-9-10-19-61-42(15-14-32(4)51)57-38-25-35(48(53)68)27-41(46(38)61)70-21-11-8-17-55-29-36(28-50)60(31(2)3)20-16-44(65)66;1-2-3;5*1-2/h8-11,14-15,23-29,51H,2,6-7,12-13,16-22,30,50H2,1,3-5H3,(H2,52,67)(H2,53,68)(H,56,69)(H,63,64)(H,65,66);2-3H2,1H3;3*1-2H3;2H2,1H3;1H2/b10-9+,11-8+,15-14+,36-28+,51-32?,55-29?;;;;;;. The van der Waals surface area contributed by atoms with E-state index in [1.807, 2.05) is 78.9 Å². The molecule has 0 unspecified atom stereocenters. The first-order valence-electron chi connectivity index (χ1n) is 27.3. The number of aryl methyl sites for hydroxylation is 2. The molecule has 2 aromatic carbocycles. The minimum absolute atomic E-state index is 0.0343. The smallest absolute Gasteiger partial charge is 0.305 e. The van der Waals surface area contributed by atoms with Gasteiger partial charge in [-0.1, -0.05) is 73.3 Å². The summed E-state index contributed by atoms with van der Waals surface area (Å²) in [5, 5.41) is 33.8. The second-order valence-corrected chi connectivity index (χ2v) is 16.2. The predicted molar refractivity (Wildman–Crippen MR) is 339 cm³/mol. The van der Waals surface area contributed by atoms with Gasteiger partial charge in [0.25, 0.3) is 5.91 Å². The van der Waals surface area contributed by atoms with Crippen LogP contribution >= 0.6 is 0 Å². The van der Waals surface area contributed by atoms with Gasteiger partial charge in [0, 0.05) is 67.6 Å². The molecule has 2 aromatic heterocycles. The van der Waals surface area contributed by atoms with E-state index < -0.39 is 29.7 Å². The van der Waals surface area contributed by atoms with Crippen molar-refractivity contribution in [1.82, 2.24) is 29.5 Å². The SMILES string of the molecule is C=Nc1cc(C(N)=O)cc(OCCCC(=O)O)c1N(C/C=C/Cn1c(/C=C/C(C)=N)nc2cc(C(N)=O)cc(OC/C=C/CN=C/C(=C\N)N(CCC(=O)O)C(=C)C)c21)CNC(=O)c1cc(C)nn1CC.C=O.CC.CC.CC.CCN.CN. The van der Waals surface area contributed by atoms with Gasteiger partial charge in [-0.2, -0.15) is 5.10 Å². The first-order chi connectivity index (χ1) is 40.3. The van der Waals surface area contributed by atoms with Gasteiger partial charge in [0.2, 0.25) is 11.8 Å². The number of anilines is 1. The Balaban J connectivity index is -0.00000468. The second kappa shape index (κ2) is 46.4. The molecule has 84 heavy (non-hydrogen) atoms. The lowest BCUT2D eigenvalue weighted by Gasteiger charge is -2.28. The lowest BCUT2D eigenvalue weighted by molar-refractivity contribution is -0.138. The van der Waals surface area contributed by atoms with Crippen LogP contribution in [0.15, 0.2) is 94.9 Å². The van der Waals surface area contributed by atoms with E-state index in [9.17, 15) is 29.1 Å². The van der Waals surface area contributed by atoms with Crippen LogP contribution in [0.4, 0.5) is 11.4 Å². The number of amides is 3. The van der Waals surface area contributed by atoms with Crippen LogP contribution in [0.25, 0.3) is 17.1 Å². The van der Waals surface area contributed by atoms with E-state index in [0.717, 1.165) is 6.54 Å². The maximum absolute atomic E-state index is 13.6. The van der Waals surface area contributed by atoms with E-state index in [0.29, 0.717) is 51.9 Å². The van der Waals surface area contributed by atoms with Gasteiger partial charge in [-0.05, 0) is 103 Å². The van der Waals surface area contributed by atoms with Crippen LogP contribution < -0.4 is 48.4 Å². The third-order valence-corrected chi connectivity index (χ3v) is 10.3. The van der Waals surface area contributed by atoms with Crippen LogP contribution in [0, 0.1) is 12.3 Å². The van der Waals surface area contributed by atoms with Crippen molar-refractivity contribution in [3.8, 4) is 11.5 Å². The Labute approximate surface area is 495 Å². The highest BCUT2D eigenvalue weighted by molar-refractivity contribution is 6.00. The summed E-state index contributed by atoms with van der Waals surface area (Å²) >= 11 is 0. The zero-order valence-corrected chi connectivity index (χ0v) is 51.2. The van der Waals surface area contributed by atoms with Gasteiger partial charge in [0.05, 0.1) is 48.8 Å². The highest BCUT2D eigenvalue weighted by atomic mass is 16.5. The molecule has 0 bridgehead atoms.